The Hall–Kier alpha value is -0.680. The van der Waals surface area contributed by atoms with Crippen LogP contribution in [0.1, 0.15) is 26.7 Å². The third-order valence-electron chi connectivity index (χ3n) is 3.28. The second-order valence-corrected chi connectivity index (χ2v) is 5.63. The summed E-state index contributed by atoms with van der Waals surface area (Å²) in [6.45, 7) is 9.71. The van der Waals surface area contributed by atoms with Gasteiger partial charge in [-0.25, -0.2) is 0 Å². The molecule has 1 heterocycles. The molecule has 0 unspecified atom stereocenters. The van der Waals surface area contributed by atoms with E-state index in [4.69, 9.17) is 0 Å². The molecule has 1 aromatic rings. The first-order chi connectivity index (χ1) is 9.30. The second-order valence-electron chi connectivity index (χ2n) is 4.65. The number of rotatable bonds is 11. The quantitative estimate of drug-likeness (QED) is 0.634. The highest BCUT2D eigenvalue weighted by molar-refractivity contribution is 7.98. The van der Waals surface area contributed by atoms with Gasteiger partial charge in [-0.1, -0.05) is 13.8 Å². The minimum Gasteiger partial charge on any atom is -0.383 e. The van der Waals surface area contributed by atoms with Crippen LogP contribution < -0.4 is 5.32 Å². The molecule has 0 saturated carbocycles. The van der Waals surface area contributed by atoms with Crippen LogP contribution in [0.3, 0.4) is 0 Å². The lowest BCUT2D eigenvalue weighted by Crippen LogP contribution is -2.27. The number of unbranched alkanes of at least 4 members (excludes halogenated alkanes) is 1. The number of likely N-dealkylation sites (N-methyl/N-ethyl adjacent to an activating group) is 1. The van der Waals surface area contributed by atoms with E-state index in [1.807, 2.05) is 22.6 Å². The van der Waals surface area contributed by atoms with Gasteiger partial charge < -0.3 is 10.2 Å². The lowest BCUT2D eigenvalue weighted by atomic mass is 10.3. The van der Waals surface area contributed by atoms with Crippen LogP contribution in [0.4, 0.5) is 5.69 Å². The number of hydrogen-bond donors (Lipinski definition) is 1. The zero-order valence-electron chi connectivity index (χ0n) is 12.6. The molecule has 0 aliphatic carbocycles. The van der Waals surface area contributed by atoms with Gasteiger partial charge in [-0.2, -0.15) is 16.9 Å². The third kappa shape index (κ3) is 6.87. The Morgan fingerprint density at radius 2 is 2.11 bits per heavy atom. The van der Waals surface area contributed by atoms with Crippen molar-refractivity contribution in [1.29, 1.82) is 0 Å². The van der Waals surface area contributed by atoms with Crippen LogP contribution in [0.25, 0.3) is 0 Å². The summed E-state index contributed by atoms with van der Waals surface area (Å²) in [6, 6.07) is 0. The summed E-state index contributed by atoms with van der Waals surface area (Å²) >= 11 is 1.92. The zero-order chi connectivity index (χ0) is 13.9. The Morgan fingerprint density at radius 1 is 1.32 bits per heavy atom. The lowest BCUT2D eigenvalue weighted by Gasteiger charge is -2.17. The molecule has 110 valence electrons. The zero-order valence-corrected chi connectivity index (χ0v) is 13.4. The fraction of sp³-hybridized carbons (Fsp3) is 0.786. The molecule has 0 aliphatic heterocycles. The molecule has 0 spiro atoms. The molecule has 0 radical (unpaired) electrons. The molecule has 19 heavy (non-hydrogen) atoms. The Labute approximate surface area is 121 Å². The largest absolute Gasteiger partial charge is 0.383 e. The molecule has 1 aromatic heterocycles. The summed E-state index contributed by atoms with van der Waals surface area (Å²) in [7, 11) is 0. The van der Waals surface area contributed by atoms with E-state index in [2.05, 4.69) is 41.6 Å². The summed E-state index contributed by atoms with van der Waals surface area (Å²) in [5, 5.41) is 7.83. The highest BCUT2D eigenvalue weighted by Gasteiger charge is 2.01. The second kappa shape index (κ2) is 10.1. The summed E-state index contributed by atoms with van der Waals surface area (Å²) in [5.74, 6) is 1.25. The first-order valence-electron chi connectivity index (χ1n) is 7.27. The van der Waals surface area contributed by atoms with Gasteiger partial charge in [-0.3, -0.25) is 4.68 Å². The van der Waals surface area contributed by atoms with Gasteiger partial charge in [0.25, 0.3) is 0 Å². The van der Waals surface area contributed by atoms with E-state index < -0.39 is 0 Å². The summed E-state index contributed by atoms with van der Waals surface area (Å²) in [6.07, 6.45) is 8.71. The highest BCUT2D eigenvalue weighted by atomic mass is 32.2. The maximum atomic E-state index is 4.40. The number of hydrogen-bond acceptors (Lipinski definition) is 4. The summed E-state index contributed by atoms with van der Waals surface area (Å²) < 4.78 is 2.03. The first-order valence-corrected chi connectivity index (χ1v) is 8.67. The van der Waals surface area contributed by atoms with Crippen LogP contribution in [0.5, 0.6) is 0 Å². The molecule has 0 bridgehead atoms. The SMILES string of the molecule is CCN(CC)CCn1cc(NCCCCSC)cn1. The molecule has 0 fully saturated rings. The van der Waals surface area contributed by atoms with Gasteiger partial charge >= 0.3 is 0 Å². The first kappa shape index (κ1) is 16.4. The minimum atomic E-state index is 0.968. The van der Waals surface area contributed by atoms with Gasteiger partial charge in [-0.05, 0) is 37.9 Å². The van der Waals surface area contributed by atoms with Crippen LogP contribution in [-0.4, -0.2) is 52.9 Å². The average molecular weight is 284 g/mol. The summed E-state index contributed by atoms with van der Waals surface area (Å²) in [4.78, 5) is 2.41. The average Bonchev–Trinajstić information content (AvgIpc) is 2.88. The lowest BCUT2D eigenvalue weighted by molar-refractivity contribution is 0.285. The molecule has 5 heteroatoms. The maximum absolute atomic E-state index is 4.40. The van der Waals surface area contributed by atoms with E-state index >= 15 is 0 Å². The number of anilines is 1. The van der Waals surface area contributed by atoms with Crippen LogP contribution in [0, 0.1) is 0 Å². The van der Waals surface area contributed by atoms with Crippen molar-refractivity contribution in [3.63, 3.8) is 0 Å². The van der Waals surface area contributed by atoms with Crippen LogP contribution >= 0.6 is 11.8 Å². The van der Waals surface area contributed by atoms with Crippen molar-refractivity contribution in [2.45, 2.75) is 33.2 Å². The predicted molar refractivity (Wildman–Crippen MR) is 86.1 cm³/mol. The molecule has 0 aromatic carbocycles. The normalized spacial score (nSPS) is 11.2. The van der Waals surface area contributed by atoms with Gasteiger partial charge in [0.2, 0.25) is 0 Å². The minimum absolute atomic E-state index is 0.968. The van der Waals surface area contributed by atoms with Crippen LogP contribution in [-0.2, 0) is 6.54 Å². The molecule has 1 rings (SSSR count). The highest BCUT2D eigenvalue weighted by Crippen LogP contribution is 2.06. The maximum Gasteiger partial charge on any atom is 0.0726 e. The molecular weight excluding hydrogens is 256 g/mol. The van der Waals surface area contributed by atoms with Gasteiger partial charge in [0, 0.05) is 19.3 Å². The smallest absolute Gasteiger partial charge is 0.0726 e. The Kier molecular flexibility index (Phi) is 8.75. The predicted octanol–water partition coefficient (Wildman–Crippen LogP) is 2.78. The fourth-order valence-corrected chi connectivity index (χ4v) is 2.46. The van der Waals surface area contributed by atoms with Crippen LogP contribution in [0.15, 0.2) is 12.4 Å². The van der Waals surface area contributed by atoms with E-state index in [-0.39, 0.29) is 0 Å². The van der Waals surface area contributed by atoms with Crippen molar-refractivity contribution < 1.29 is 0 Å². The van der Waals surface area contributed by atoms with Crippen molar-refractivity contribution >= 4 is 17.4 Å². The van der Waals surface area contributed by atoms with Crippen molar-refractivity contribution in [3.05, 3.63) is 12.4 Å². The van der Waals surface area contributed by atoms with E-state index in [0.717, 1.165) is 38.4 Å². The van der Waals surface area contributed by atoms with Gasteiger partial charge in [0.1, 0.15) is 0 Å². The van der Waals surface area contributed by atoms with Crippen molar-refractivity contribution in [1.82, 2.24) is 14.7 Å². The van der Waals surface area contributed by atoms with E-state index in [1.165, 1.54) is 18.6 Å². The molecule has 0 aliphatic rings. The Bertz CT molecular complexity index is 323. The Morgan fingerprint density at radius 3 is 2.79 bits per heavy atom. The molecule has 1 N–H and O–H groups in total. The summed E-state index contributed by atoms with van der Waals surface area (Å²) in [5.41, 5.74) is 1.14. The van der Waals surface area contributed by atoms with Gasteiger partial charge in [0.15, 0.2) is 0 Å². The van der Waals surface area contributed by atoms with E-state index in [9.17, 15) is 0 Å². The van der Waals surface area contributed by atoms with Crippen LogP contribution in [0.2, 0.25) is 0 Å². The molecule has 0 saturated heterocycles. The number of thioether (sulfide) groups is 1. The fourth-order valence-electron chi connectivity index (χ4n) is 1.96. The van der Waals surface area contributed by atoms with Crippen molar-refractivity contribution in [2.24, 2.45) is 0 Å². The monoisotopic (exact) mass is 284 g/mol. The third-order valence-corrected chi connectivity index (χ3v) is 3.97. The van der Waals surface area contributed by atoms with Gasteiger partial charge in [-0.15, -0.1) is 0 Å². The Balaban J connectivity index is 2.20. The number of aromatic nitrogens is 2. The molecular formula is C14H28N4S. The van der Waals surface area contributed by atoms with Crippen molar-refractivity contribution in [2.75, 3.05) is 43.5 Å². The standard InChI is InChI=1S/C14H28N4S/c1-4-17(5-2)9-10-18-13-14(12-16-18)15-8-6-7-11-19-3/h12-13,15H,4-11H2,1-3H3. The molecule has 0 atom stereocenters. The van der Waals surface area contributed by atoms with E-state index in [0.29, 0.717) is 0 Å². The molecule has 4 nitrogen and oxygen atoms in total. The van der Waals surface area contributed by atoms with E-state index in [1.54, 1.807) is 0 Å². The van der Waals surface area contributed by atoms with Gasteiger partial charge in [0.05, 0.1) is 18.4 Å². The number of nitrogens with zero attached hydrogens (tertiary/aromatic N) is 3. The topological polar surface area (TPSA) is 33.1 Å². The molecule has 0 amide bonds. The van der Waals surface area contributed by atoms with Crippen molar-refractivity contribution in [3.8, 4) is 0 Å². The number of nitrogens with one attached hydrogen (secondary N) is 1.